The lowest BCUT2D eigenvalue weighted by Gasteiger charge is -2.12. The highest BCUT2D eigenvalue weighted by Gasteiger charge is 2.31. The van der Waals surface area contributed by atoms with Crippen LogP contribution in [0.1, 0.15) is 11.1 Å². The van der Waals surface area contributed by atoms with Gasteiger partial charge in [-0.3, -0.25) is 0 Å². The number of benzene rings is 2. The van der Waals surface area contributed by atoms with Gasteiger partial charge < -0.3 is 5.32 Å². The van der Waals surface area contributed by atoms with E-state index in [4.69, 9.17) is 0 Å². The smallest absolute Gasteiger partial charge is 0.379 e. The van der Waals surface area contributed by atoms with Gasteiger partial charge in [0, 0.05) is 6.54 Å². The van der Waals surface area contributed by atoms with Crippen molar-refractivity contribution in [1.29, 1.82) is 0 Å². The lowest BCUT2D eigenvalue weighted by atomic mass is 10.1. The Morgan fingerprint density at radius 1 is 0.810 bits per heavy atom. The maximum atomic E-state index is 13.4. The third-order valence-electron chi connectivity index (χ3n) is 2.76. The first-order valence-electron chi connectivity index (χ1n) is 5.82. The summed E-state index contributed by atoms with van der Waals surface area (Å²) in [6.45, 7) is -0.143. The molecule has 1 nitrogen and oxygen atoms in total. The average Bonchev–Trinajstić information content (AvgIpc) is 2.40. The molecule has 0 saturated carbocycles. The molecule has 0 aliphatic rings. The van der Waals surface area contributed by atoms with E-state index in [1.54, 1.807) is 0 Å². The molecule has 0 unspecified atom stereocenters. The van der Waals surface area contributed by atoms with Crippen LogP contribution in [0.25, 0.3) is 0 Å². The lowest BCUT2D eigenvalue weighted by molar-refractivity contribution is -0.137. The second-order valence-electron chi connectivity index (χ2n) is 4.29. The van der Waals surface area contributed by atoms with Crippen LogP contribution in [0.5, 0.6) is 0 Å². The number of alkyl halides is 3. The summed E-state index contributed by atoms with van der Waals surface area (Å²) in [5.41, 5.74) is -1.10. The number of hydrogen-bond donors (Lipinski definition) is 1. The molecule has 0 bridgehead atoms. The van der Waals surface area contributed by atoms with Crippen molar-refractivity contribution in [2.24, 2.45) is 0 Å². The Morgan fingerprint density at radius 2 is 1.48 bits per heavy atom. The lowest BCUT2D eigenvalue weighted by Crippen LogP contribution is -2.08. The van der Waals surface area contributed by atoms with Crippen LogP contribution >= 0.6 is 0 Å². The topological polar surface area (TPSA) is 12.0 Å². The van der Waals surface area contributed by atoms with Gasteiger partial charge in [-0.05, 0) is 35.9 Å². The average molecular weight is 305 g/mol. The van der Waals surface area contributed by atoms with Crippen molar-refractivity contribution < 1.29 is 26.3 Å². The molecular weight excluding hydrogens is 296 g/mol. The summed E-state index contributed by atoms with van der Waals surface area (Å²) >= 11 is 0. The van der Waals surface area contributed by atoms with Crippen LogP contribution in [0.4, 0.5) is 32.0 Å². The van der Waals surface area contributed by atoms with Gasteiger partial charge in [0.2, 0.25) is 0 Å². The highest BCUT2D eigenvalue weighted by atomic mass is 19.4. The molecule has 0 fully saturated rings. The van der Waals surface area contributed by atoms with E-state index >= 15 is 0 Å². The maximum Gasteiger partial charge on any atom is 0.416 e. The molecule has 2 rings (SSSR count). The molecule has 0 atom stereocenters. The molecule has 112 valence electrons. The van der Waals surface area contributed by atoms with Gasteiger partial charge in [0.05, 0.1) is 11.3 Å². The van der Waals surface area contributed by atoms with E-state index in [-0.39, 0.29) is 17.8 Å². The van der Waals surface area contributed by atoms with E-state index in [1.807, 2.05) is 0 Å². The Kier molecular flexibility index (Phi) is 4.11. The molecule has 0 aliphatic carbocycles. The minimum atomic E-state index is -4.59. The minimum Gasteiger partial charge on any atom is -0.379 e. The van der Waals surface area contributed by atoms with Crippen molar-refractivity contribution in [3.8, 4) is 0 Å². The second kappa shape index (κ2) is 5.67. The largest absolute Gasteiger partial charge is 0.416 e. The molecule has 7 heteroatoms. The van der Waals surface area contributed by atoms with E-state index in [0.29, 0.717) is 18.2 Å². The fraction of sp³-hybridized carbons (Fsp3) is 0.143. The highest BCUT2D eigenvalue weighted by molar-refractivity contribution is 5.48. The second-order valence-corrected chi connectivity index (χ2v) is 4.29. The van der Waals surface area contributed by atoms with Gasteiger partial charge in [0.1, 0.15) is 5.82 Å². The first-order chi connectivity index (χ1) is 9.77. The summed E-state index contributed by atoms with van der Waals surface area (Å²) in [4.78, 5) is 0. The molecule has 0 heterocycles. The molecule has 0 aromatic heterocycles. The van der Waals surface area contributed by atoms with E-state index in [0.717, 1.165) is 12.1 Å². The van der Waals surface area contributed by atoms with Gasteiger partial charge in [-0.2, -0.15) is 13.2 Å². The number of rotatable bonds is 3. The van der Waals surface area contributed by atoms with Crippen LogP contribution in [0, 0.1) is 17.5 Å². The molecule has 0 radical (unpaired) electrons. The van der Waals surface area contributed by atoms with Crippen molar-refractivity contribution in [3.63, 3.8) is 0 Å². The van der Waals surface area contributed by atoms with Gasteiger partial charge in [-0.15, -0.1) is 0 Å². The van der Waals surface area contributed by atoms with Gasteiger partial charge in [0.25, 0.3) is 0 Å². The van der Waals surface area contributed by atoms with Crippen LogP contribution in [0.2, 0.25) is 0 Å². The third kappa shape index (κ3) is 3.68. The molecule has 2 aromatic carbocycles. The first kappa shape index (κ1) is 15.2. The molecule has 0 saturated heterocycles. The quantitative estimate of drug-likeness (QED) is 0.808. The fourth-order valence-corrected chi connectivity index (χ4v) is 1.68. The number of hydrogen-bond acceptors (Lipinski definition) is 1. The molecular formula is C14H9F6N. The van der Waals surface area contributed by atoms with E-state index in [1.165, 1.54) is 6.07 Å². The van der Waals surface area contributed by atoms with Crippen LogP contribution < -0.4 is 5.32 Å². The summed E-state index contributed by atoms with van der Waals surface area (Å²) in [6.07, 6.45) is -4.59. The van der Waals surface area contributed by atoms with Crippen molar-refractivity contribution in [2.45, 2.75) is 12.7 Å². The summed E-state index contributed by atoms with van der Waals surface area (Å²) in [5.74, 6) is -2.99. The summed E-state index contributed by atoms with van der Waals surface area (Å²) in [6, 6.07) is 4.95. The number of nitrogens with one attached hydrogen (secondary N) is 1. The Morgan fingerprint density at radius 3 is 2.10 bits per heavy atom. The number of anilines is 1. The van der Waals surface area contributed by atoms with Crippen LogP contribution in [-0.2, 0) is 12.7 Å². The molecule has 2 aromatic rings. The van der Waals surface area contributed by atoms with Gasteiger partial charge in [0.15, 0.2) is 11.6 Å². The standard InChI is InChI=1S/C14H9F6N/c15-10-3-1-8(5-12(10)17)7-21-13-6-9(14(18,19)20)2-4-11(13)16/h1-6,21H,7H2. The monoisotopic (exact) mass is 305 g/mol. The van der Waals surface area contributed by atoms with E-state index in [9.17, 15) is 26.3 Å². The molecule has 1 N–H and O–H groups in total. The molecule has 0 aliphatic heterocycles. The van der Waals surface area contributed by atoms with Crippen LogP contribution in [-0.4, -0.2) is 0 Å². The predicted molar refractivity (Wildman–Crippen MR) is 65.1 cm³/mol. The Hall–Kier alpha value is -2.18. The zero-order valence-electron chi connectivity index (χ0n) is 10.4. The van der Waals surface area contributed by atoms with E-state index in [2.05, 4.69) is 5.32 Å². The Bertz CT molecular complexity index is 650. The third-order valence-corrected chi connectivity index (χ3v) is 2.76. The van der Waals surface area contributed by atoms with Gasteiger partial charge in [-0.25, -0.2) is 13.2 Å². The van der Waals surface area contributed by atoms with Crippen molar-refractivity contribution >= 4 is 5.69 Å². The summed E-state index contributed by atoms with van der Waals surface area (Å²) in [5, 5.41) is 2.42. The van der Waals surface area contributed by atoms with Crippen molar-refractivity contribution in [2.75, 3.05) is 5.32 Å². The zero-order chi connectivity index (χ0) is 15.6. The predicted octanol–water partition coefficient (Wildman–Crippen LogP) is 4.73. The zero-order valence-corrected chi connectivity index (χ0v) is 10.4. The molecule has 0 amide bonds. The fourth-order valence-electron chi connectivity index (χ4n) is 1.68. The van der Waals surface area contributed by atoms with Gasteiger partial charge >= 0.3 is 6.18 Å². The maximum absolute atomic E-state index is 13.4. The summed E-state index contributed by atoms with van der Waals surface area (Å²) < 4.78 is 76.7. The molecule has 21 heavy (non-hydrogen) atoms. The van der Waals surface area contributed by atoms with Crippen molar-refractivity contribution in [3.05, 3.63) is 65.0 Å². The van der Waals surface area contributed by atoms with E-state index < -0.39 is 29.2 Å². The Labute approximate surface area is 116 Å². The van der Waals surface area contributed by atoms with Gasteiger partial charge in [-0.1, -0.05) is 6.07 Å². The normalized spacial score (nSPS) is 11.5. The molecule has 0 spiro atoms. The van der Waals surface area contributed by atoms with Crippen molar-refractivity contribution in [1.82, 2.24) is 0 Å². The van der Waals surface area contributed by atoms with Crippen LogP contribution in [0.15, 0.2) is 36.4 Å². The minimum absolute atomic E-state index is 0.143. The Balaban J connectivity index is 2.17. The van der Waals surface area contributed by atoms with Crippen LogP contribution in [0.3, 0.4) is 0 Å². The SMILES string of the molecule is Fc1ccc(CNc2cc(C(F)(F)F)ccc2F)cc1F. The number of halogens is 6. The first-order valence-corrected chi connectivity index (χ1v) is 5.82. The highest BCUT2D eigenvalue weighted by Crippen LogP contribution is 2.31. The summed E-state index contributed by atoms with van der Waals surface area (Å²) in [7, 11) is 0.